The molecule has 6 nitrogen and oxygen atoms in total. The van der Waals surface area contributed by atoms with E-state index in [9.17, 15) is 4.79 Å². The SMILES string of the molecule is Cc1nc(-c2cccc(NC(=O)NCCc3ccc(Cl)cc3)c2)n[nH]1. The van der Waals surface area contributed by atoms with E-state index in [0.717, 1.165) is 23.4 Å². The van der Waals surface area contributed by atoms with Gasteiger partial charge < -0.3 is 10.6 Å². The summed E-state index contributed by atoms with van der Waals surface area (Å²) in [5.74, 6) is 1.35. The number of hydrogen-bond acceptors (Lipinski definition) is 3. The number of aromatic nitrogens is 3. The fraction of sp³-hybridized carbons (Fsp3) is 0.167. The first kappa shape index (κ1) is 17.0. The van der Waals surface area contributed by atoms with Crippen LogP contribution in [0.2, 0.25) is 5.02 Å². The molecule has 0 saturated carbocycles. The van der Waals surface area contributed by atoms with Gasteiger partial charge in [0.05, 0.1) is 0 Å². The van der Waals surface area contributed by atoms with Crippen LogP contribution >= 0.6 is 11.6 Å². The summed E-state index contributed by atoms with van der Waals surface area (Å²) < 4.78 is 0. The molecule has 2 amide bonds. The van der Waals surface area contributed by atoms with Crippen molar-refractivity contribution in [2.24, 2.45) is 0 Å². The van der Waals surface area contributed by atoms with E-state index in [0.29, 0.717) is 23.1 Å². The number of nitrogens with one attached hydrogen (secondary N) is 3. The van der Waals surface area contributed by atoms with Crippen molar-refractivity contribution < 1.29 is 4.79 Å². The zero-order chi connectivity index (χ0) is 17.6. The van der Waals surface area contributed by atoms with E-state index in [1.165, 1.54) is 0 Å². The Labute approximate surface area is 150 Å². The number of amides is 2. The number of benzene rings is 2. The van der Waals surface area contributed by atoms with Gasteiger partial charge in [0, 0.05) is 22.8 Å². The molecule has 0 fully saturated rings. The number of aromatic amines is 1. The van der Waals surface area contributed by atoms with Gasteiger partial charge in [0.15, 0.2) is 5.82 Å². The summed E-state index contributed by atoms with van der Waals surface area (Å²) >= 11 is 5.85. The van der Waals surface area contributed by atoms with Crippen molar-refractivity contribution in [3.05, 3.63) is 64.9 Å². The summed E-state index contributed by atoms with van der Waals surface area (Å²) in [6.45, 7) is 2.38. The zero-order valence-electron chi connectivity index (χ0n) is 13.7. The van der Waals surface area contributed by atoms with Gasteiger partial charge in [0.2, 0.25) is 0 Å². The summed E-state index contributed by atoms with van der Waals surface area (Å²) in [5, 5.41) is 13.3. The molecule has 2 aromatic carbocycles. The molecule has 3 rings (SSSR count). The maximum atomic E-state index is 12.0. The molecule has 3 aromatic rings. The Kier molecular flexibility index (Phi) is 5.30. The molecule has 25 heavy (non-hydrogen) atoms. The van der Waals surface area contributed by atoms with Gasteiger partial charge in [0.1, 0.15) is 5.82 Å². The lowest BCUT2D eigenvalue weighted by molar-refractivity contribution is 0.252. The van der Waals surface area contributed by atoms with Crippen LogP contribution in [0.5, 0.6) is 0 Å². The van der Waals surface area contributed by atoms with Crippen LogP contribution in [0, 0.1) is 6.92 Å². The molecule has 0 aliphatic carbocycles. The Balaban J connectivity index is 1.53. The number of halogens is 1. The van der Waals surface area contributed by atoms with Crippen molar-refractivity contribution in [3.8, 4) is 11.4 Å². The van der Waals surface area contributed by atoms with Crippen LogP contribution in [0.1, 0.15) is 11.4 Å². The molecular weight excluding hydrogens is 338 g/mol. The number of carbonyl (C=O) groups is 1. The first-order chi connectivity index (χ1) is 12.1. The Morgan fingerprint density at radius 3 is 2.72 bits per heavy atom. The average Bonchev–Trinajstić information content (AvgIpc) is 3.03. The van der Waals surface area contributed by atoms with Gasteiger partial charge in [-0.2, -0.15) is 5.10 Å². The maximum Gasteiger partial charge on any atom is 0.319 e. The van der Waals surface area contributed by atoms with Gasteiger partial charge in [-0.3, -0.25) is 5.10 Å². The third-order valence-corrected chi connectivity index (χ3v) is 3.84. The maximum absolute atomic E-state index is 12.0. The van der Waals surface area contributed by atoms with Gasteiger partial charge in [0.25, 0.3) is 0 Å². The molecule has 0 aliphatic heterocycles. The van der Waals surface area contributed by atoms with Gasteiger partial charge in [-0.05, 0) is 43.2 Å². The standard InChI is InChI=1S/C18H18ClN5O/c1-12-21-17(24-23-12)14-3-2-4-16(11-14)22-18(25)20-10-9-13-5-7-15(19)8-6-13/h2-8,11H,9-10H2,1H3,(H2,20,22,25)(H,21,23,24). The second-order valence-corrected chi connectivity index (χ2v) is 6.02. The summed E-state index contributed by atoms with van der Waals surface area (Å²) in [4.78, 5) is 16.3. The lowest BCUT2D eigenvalue weighted by Crippen LogP contribution is -2.30. The molecule has 1 heterocycles. The number of urea groups is 1. The van der Waals surface area contributed by atoms with Gasteiger partial charge >= 0.3 is 6.03 Å². The van der Waals surface area contributed by atoms with Gasteiger partial charge in [-0.1, -0.05) is 35.9 Å². The number of hydrogen-bond donors (Lipinski definition) is 3. The lowest BCUT2D eigenvalue weighted by atomic mass is 10.1. The average molecular weight is 356 g/mol. The van der Waals surface area contributed by atoms with Crippen molar-refractivity contribution in [2.75, 3.05) is 11.9 Å². The van der Waals surface area contributed by atoms with E-state index >= 15 is 0 Å². The number of aryl methyl sites for hydroxylation is 1. The number of carbonyl (C=O) groups excluding carboxylic acids is 1. The molecule has 1 aromatic heterocycles. The predicted octanol–water partition coefficient (Wildman–Crippen LogP) is 3.80. The van der Waals surface area contributed by atoms with E-state index in [4.69, 9.17) is 11.6 Å². The Morgan fingerprint density at radius 1 is 1.20 bits per heavy atom. The van der Waals surface area contributed by atoms with E-state index < -0.39 is 0 Å². The largest absolute Gasteiger partial charge is 0.338 e. The number of rotatable bonds is 5. The number of H-pyrrole nitrogens is 1. The summed E-state index contributed by atoms with van der Waals surface area (Å²) in [7, 11) is 0. The predicted molar refractivity (Wildman–Crippen MR) is 98.7 cm³/mol. The Morgan fingerprint density at radius 2 is 2.00 bits per heavy atom. The summed E-state index contributed by atoms with van der Waals surface area (Å²) in [5.41, 5.74) is 2.64. The van der Waals surface area contributed by atoms with Crippen LogP contribution in [0.3, 0.4) is 0 Å². The highest BCUT2D eigenvalue weighted by Gasteiger charge is 2.06. The Hall–Kier alpha value is -2.86. The second kappa shape index (κ2) is 7.81. The van der Waals surface area contributed by atoms with Crippen LogP contribution in [0.25, 0.3) is 11.4 Å². The minimum atomic E-state index is -0.253. The highest BCUT2D eigenvalue weighted by atomic mass is 35.5. The molecule has 0 aliphatic rings. The van der Waals surface area contributed by atoms with Crippen molar-refractivity contribution in [1.82, 2.24) is 20.5 Å². The fourth-order valence-electron chi connectivity index (χ4n) is 2.35. The molecule has 0 atom stereocenters. The first-order valence-electron chi connectivity index (χ1n) is 7.89. The van der Waals surface area contributed by atoms with Crippen LogP contribution in [-0.4, -0.2) is 27.8 Å². The van der Waals surface area contributed by atoms with Crippen molar-refractivity contribution >= 4 is 23.3 Å². The quantitative estimate of drug-likeness (QED) is 0.651. The van der Waals surface area contributed by atoms with Crippen molar-refractivity contribution in [1.29, 1.82) is 0 Å². The molecule has 0 bridgehead atoms. The highest BCUT2D eigenvalue weighted by molar-refractivity contribution is 6.30. The van der Waals surface area contributed by atoms with Gasteiger partial charge in [-0.25, -0.2) is 9.78 Å². The molecule has 0 unspecified atom stereocenters. The van der Waals surface area contributed by atoms with Crippen LogP contribution in [0.4, 0.5) is 10.5 Å². The monoisotopic (exact) mass is 355 g/mol. The first-order valence-corrected chi connectivity index (χ1v) is 8.27. The fourth-order valence-corrected chi connectivity index (χ4v) is 2.48. The molecule has 3 N–H and O–H groups in total. The summed E-state index contributed by atoms with van der Waals surface area (Å²) in [6, 6.07) is 14.7. The van der Waals surface area contributed by atoms with E-state index in [1.807, 2.05) is 55.5 Å². The molecule has 7 heteroatoms. The number of nitrogens with zero attached hydrogens (tertiary/aromatic N) is 2. The topological polar surface area (TPSA) is 82.7 Å². The molecule has 0 radical (unpaired) electrons. The van der Waals surface area contributed by atoms with E-state index in [-0.39, 0.29) is 6.03 Å². The third kappa shape index (κ3) is 4.81. The van der Waals surface area contributed by atoms with Gasteiger partial charge in [-0.15, -0.1) is 0 Å². The van der Waals surface area contributed by atoms with Crippen LogP contribution in [-0.2, 0) is 6.42 Å². The minimum absolute atomic E-state index is 0.253. The smallest absolute Gasteiger partial charge is 0.319 e. The van der Waals surface area contributed by atoms with Crippen LogP contribution < -0.4 is 10.6 Å². The number of anilines is 1. The minimum Gasteiger partial charge on any atom is -0.338 e. The van der Waals surface area contributed by atoms with Crippen molar-refractivity contribution in [2.45, 2.75) is 13.3 Å². The molecule has 0 saturated heterocycles. The Bertz CT molecular complexity index is 860. The second-order valence-electron chi connectivity index (χ2n) is 5.58. The molecule has 0 spiro atoms. The lowest BCUT2D eigenvalue weighted by Gasteiger charge is -2.08. The van der Waals surface area contributed by atoms with E-state index in [2.05, 4.69) is 25.8 Å². The van der Waals surface area contributed by atoms with Crippen LogP contribution in [0.15, 0.2) is 48.5 Å². The zero-order valence-corrected chi connectivity index (χ0v) is 14.5. The third-order valence-electron chi connectivity index (χ3n) is 3.59. The normalized spacial score (nSPS) is 10.5. The van der Waals surface area contributed by atoms with E-state index in [1.54, 1.807) is 0 Å². The van der Waals surface area contributed by atoms with Crippen molar-refractivity contribution in [3.63, 3.8) is 0 Å². The molecular formula is C18H18ClN5O. The highest BCUT2D eigenvalue weighted by Crippen LogP contribution is 2.19. The molecule has 128 valence electrons. The summed E-state index contributed by atoms with van der Waals surface area (Å²) in [6.07, 6.45) is 0.737.